The minimum absolute atomic E-state index is 0.268. The topological polar surface area (TPSA) is 43.4 Å². The lowest BCUT2D eigenvalue weighted by Crippen LogP contribution is -2.24. The van der Waals surface area contributed by atoms with Gasteiger partial charge in [-0.25, -0.2) is 4.79 Å². The number of carbonyl (C=O) groups excluding carboxylic acids is 1. The summed E-state index contributed by atoms with van der Waals surface area (Å²) in [6.07, 6.45) is 4.48. The molecule has 1 fully saturated rings. The molecule has 0 aliphatic heterocycles. The smallest absolute Gasteiger partial charge is 0.338 e. The average Bonchev–Trinajstić information content (AvgIpc) is 2.47. The summed E-state index contributed by atoms with van der Waals surface area (Å²) in [4.78, 5) is 11.7. The molecule has 1 aromatic carbocycles. The standard InChI is InChI=1S/C16H22O3S/c1-12-6-5-8-14(10-12)20(18)11-13-7-3-4-9-15(13)16(17)19-2/h3-4,7,9,12,14H,5-6,8,10-11H2,1-2H3. The number of benzene rings is 1. The first-order valence-electron chi connectivity index (χ1n) is 7.15. The van der Waals surface area contributed by atoms with Crippen LogP contribution < -0.4 is 0 Å². The van der Waals surface area contributed by atoms with Crippen molar-refractivity contribution < 1.29 is 13.7 Å². The Bertz CT molecular complexity index is 498. The van der Waals surface area contributed by atoms with E-state index >= 15 is 0 Å². The molecule has 3 nitrogen and oxygen atoms in total. The molecule has 110 valence electrons. The van der Waals surface area contributed by atoms with Crippen molar-refractivity contribution in [3.8, 4) is 0 Å². The van der Waals surface area contributed by atoms with Crippen molar-refractivity contribution in [2.45, 2.75) is 43.6 Å². The number of rotatable bonds is 4. The van der Waals surface area contributed by atoms with Crippen LogP contribution in [0.1, 0.15) is 48.5 Å². The monoisotopic (exact) mass is 294 g/mol. The first kappa shape index (κ1) is 15.2. The molecule has 3 unspecified atom stereocenters. The van der Waals surface area contributed by atoms with Crippen LogP contribution in [0.25, 0.3) is 0 Å². The van der Waals surface area contributed by atoms with Gasteiger partial charge in [0.25, 0.3) is 0 Å². The van der Waals surface area contributed by atoms with Crippen LogP contribution in [0, 0.1) is 5.92 Å². The van der Waals surface area contributed by atoms with E-state index in [2.05, 4.69) is 6.92 Å². The molecule has 1 aliphatic rings. The number of hydrogen-bond acceptors (Lipinski definition) is 3. The molecular weight excluding hydrogens is 272 g/mol. The first-order valence-corrected chi connectivity index (χ1v) is 8.53. The van der Waals surface area contributed by atoms with Crippen LogP contribution in [0.3, 0.4) is 0 Å². The molecule has 0 radical (unpaired) electrons. The molecule has 0 bridgehead atoms. The largest absolute Gasteiger partial charge is 0.465 e. The second kappa shape index (κ2) is 7.02. The molecule has 4 heteroatoms. The van der Waals surface area contributed by atoms with Gasteiger partial charge in [-0.2, -0.15) is 0 Å². The maximum absolute atomic E-state index is 12.5. The number of ether oxygens (including phenoxy) is 1. The highest BCUT2D eigenvalue weighted by atomic mass is 32.2. The predicted octanol–water partition coefficient (Wildman–Crippen LogP) is 3.30. The highest BCUT2D eigenvalue weighted by molar-refractivity contribution is 7.84. The summed E-state index contributed by atoms with van der Waals surface area (Å²) in [6, 6.07) is 7.29. The lowest BCUT2D eigenvalue weighted by molar-refractivity contribution is 0.0600. The molecule has 0 N–H and O–H groups in total. The van der Waals surface area contributed by atoms with Crippen molar-refractivity contribution in [1.82, 2.24) is 0 Å². The third-order valence-electron chi connectivity index (χ3n) is 3.98. The van der Waals surface area contributed by atoms with E-state index in [4.69, 9.17) is 4.74 Å². The summed E-state index contributed by atoms with van der Waals surface area (Å²) < 4.78 is 17.3. The third kappa shape index (κ3) is 3.69. The van der Waals surface area contributed by atoms with E-state index in [0.717, 1.165) is 24.8 Å². The normalized spacial score (nSPS) is 24.1. The molecular formula is C16H22O3S. The summed E-state index contributed by atoms with van der Waals surface area (Å²) in [5.41, 5.74) is 1.36. The molecule has 0 heterocycles. The fourth-order valence-electron chi connectivity index (χ4n) is 2.84. The van der Waals surface area contributed by atoms with E-state index < -0.39 is 10.8 Å². The first-order chi connectivity index (χ1) is 9.61. The fraction of sp³-hybridized carbons (Fsp3) is 0.562. The lowest BCUT2D eigenvalue weighted by Gasteiger charge is -2.26. The van der Waals surface area contributed by atoms with Gasteiger partial charge < -0.3 is 4.74 Å². The van der Waals surface area contributed by atoms with Crippen LogP contribution in [0.4, 0.5) is 0 Å². The second-order valence-electron chi connectivity index (χ2n) is 5.57. The molecule has 2 rings (SSSR count). The van der Waals surface area contributed by atoms with Gasteiger partial charge in [0.15, 0.2) is 0 Å². The zero-order chi connectivity index (χ0) is 14.5. The third-order valence-corrected chi connectivity index (χ3v) is 5.75. The molecule has 20 heavy (non-hydrogen) atoms. The minimum Gasteiger partial charge on any atom is -0.465 e. The number of esters is 1. The Morgan fingerprint density at radius 2 is 2.10 bits per heavy atom. The number of hydrogen-bond donors (Lipinski definition) is 0. The second-order valence-corrected chi connectivity index (χ2v) is 7.28. The molecule has 0 saturated heterocycles. The zero-order valence-electron chi connectivity index (χ0n) is 12.1. The van der Waals surface area contributed by atoms with Gasteiger partial charge in [-0.1, -0.05) is 38.0 Å². The van der Waals surface area contributed by atoms with Crippen molar-refractivity contribution in [3.05, 3.63) is 35.4 Å². The van der Waals surface area contributed by atoms with E-state index in [1.54, 1.807) is 12.1 Å². The summed E-state index contributed by atoms with van der Waals surface area (Å²) in [5, 5.41) is 0.268. The maximum Gasteiger partial charge on any atom is 0.338 e. The van der Waals surface area contributed by atoms with E-state index in [9.17, 15) is 9.00 Å². The van der Waals surface area contributed by atoms with Gasteiger partial charge in [0.1, 0.15) is 0 Å². The van der Waals surface area contributed by atoms with Gasteiger partial charge in [-0.15, -0.1) is 0 Å². The summed E-state index contributed by atoms with van der Waals surface area (Å²) in [7, 11) is 0.459. The van der Waals surface area contributed by atoms with Gasteiger partial charge in [0.2, 0.25) is 0 Å². The van der Waals surface area contributed by atoms with Gasteiger partial charge >= 0.3 is 5.97 Å². The average molecular weight is 294 g/mol. The molecule has 1 saturated carbocycles. The summed E-state index contributed by atoms with van der Waals surface area (Å²) in [6.45, 7) is 2.23. The molecule has 0 aromatic heterocycles. The van der Waals surface area contributed by atoms with Gasteiger partial charge in [-0.05, 0) is 30.4 Å². The van der Waals surface area contributed by atoms with Crippen LogP contribution in [-0.2, 0) is 21.3 Å². The lowest BCUT2D eigenvalue weighted by atomic mass is 9.91. The van der Waals surface area contributed by atoms with Crippen molar-refractivity contribution in [3.63, 3.8) is 0 Å². The van der Waals surface area contributed by atoms with E-state index in [1.165, 1.54) is 13.5 Å². The number of methoxy groups -OCH3 is 1. The van der Waals surface area contributed by atoms with Gasteiger partial charge in [-0.3, -0.25) is 4.21 Å². The van der Waals surface area contributed by atoms with E-state index in [0.29, 0.717) is 17.2 Å². The predicted molar refractivity (Wildman–Crippen MR) is 81.0 cm³/mol. The summed E-state index contributed by atoms with van der Waals surface area (Å²) >= 11 is 0. The van der Waals surface area contributed by atoms with Crippen LogP contribution in [0.15, 0.2) is 24.3 Å². The number of carbonyl (C=O) groups is 1. The van der Waals surface area contributed by atoms with Crippen LogP contribution in [-0.4, -0.2) is 22.5 Å². The Labute approximate surface area is 123 Å². The highest BCUT2D eigenvalue weighted by Gasteiger charge is 2.25. The van der Waals surface area contributed by atoms with Crippen molar-refractivity contribution >= 4 is 16.8 Å². The molecule has 1 aromatic rings. The van der Waals surface area contributed by atoms with Crippen LogP contribution in [0.5, 0.6) is 0 Å². The van der Waals surface area contributed by atoms with E-state index in [-0.39, 0.29) is 11.2 Å². The van der Waals surface area contributed by atoms with Crippen molar-refractivity contribution in [1.29, 1.82) is 0 Å². The Balaban J connectivity index is 2.09. The van der Waals surface area contributed by atoms with E-state index in [1.807, 2.05) is 12.1 Å². The summed E-state index contributed by atoms with van der Waals surface area (Å²) in [5.74, 6) is 0.756. The molecule has 3 atom stereocenters. The van der Waals surface area contributed by atoms with Crippen LogP contribution in [0.2, 0.25) is 0 Å². The Morgan fingerprint density at radius 3 is 2.80 bits per heavy atom. The minimum atomic E-state index is -0.915. The Kier molecular flexibility index (Phi) is 5.35. The Morgan fingerprint density at radius 1 is 1.35 bits per heavy atom. The SMILES string of the molecule is COC(=O)c1ccccc1CS(=O)C1CCCC(C)C1. The van der Waals surface area contributed by atoms with Gasteiger partial charge in [0.05, 0.1) is 12.7 Å². The fourth-order valence-corrected chi connectivity index (χ4v) is 4.61. The van der Waals surface area contributed by atoms with Crippen LogP contribution >= 0.6 is 0 Å². The highest BCUT2D eigenvalue weighted by Crippen LogP contribution is 2.28. The van der Waals surface area contributed by atoms with Gasteiger partial charge in [0, 0.05) is 21.8 Å². The quantitative estimate of drug-likeness (QED) is 0.800. The Hall–Kier alpha value is -1.16. The maximum atomic E-state index is 12.5. The molecule has 0 amide bonds. The van der Waals surface area contributed by atoms with Crippen molar-refractivity contribution in [2.24, 2.45) is 5.92 Å². The molecule has 0 spiro atoms. The molecule has 1 aliphatic carbocycles. The zero-order valence-corrected chi connectivity index (χ0v) is 12.9. The van der Waals surface area contributed by atoms with Crippen molar-refractivity contribution in [2.75, 3.05) is 7.11 Å².